The number of nitrogens with one attached hydrogen (secondary N) is 1. The Morgan fingerprint density at radius 2 is 2.33 bits per heavy atom. The molecule has 1 aliphatic heterocycles. The van der Waals surface area contributed by atoms with Gasteiger partial charge in [-0.05, 0) is 20.3 Å². The SMILES string of the molecule is CCC(I)C1(C)N=C(C)NC1=O. The van der Waals surface area contributed by atoms with Crippen LogP contribution < -0.4 is 5.32 Å². The van der Waals surface area contributed by atoms with Gasteiger partial charge in [0.1, 0.15) is 11.4 Å². The van der Waals surface area contributed by atoms with Gasteiger partial charge in [0.2, 0.25) is 0 Å². The number of hydrogen-bond donors (Lipinski definition) is 1. The number of aliphatic imine (C=N–C) groups is 1. The van der Waals surface area contributed by atoms with Crippen LogP contribution in [0.3, 0.4) is 0 Å². The molecule has 1 N–H and O–H groups in total. The van der Waals surface area contributed by atoms with Gasteiger partial charge in [-0.1, -0.05) is 29.5 Å². The molecule has 1 aliphatic rings. The van der Waals surface area contributed by atoms with Gasteiger partial charge in [-0.3, -0.25) is 9.79 Å². The lowest BCUT2D eigenvalue weighted by Crippen LogP contribution is -2.43. The summed E-state index contributed by atoms with van der Waals surface area (Å²) in [5.74, 6) is 0.763. The Hall–Kier alpha value is -0.130. The van der Waals surface area contributed by atoms with Gasteiger partial charge in [0.25, 0.3) is 5.91 Å². The fourth-order valence-corrected chi connectivity index (χ4v) is 1.75. The summed E-state index contributed by atoms with van der Waals surface area (Å²) in [7, 11) is 0. The first-order chi connectivity index (χ1) is 5.50. The third-order valence-electron chi connectivity index (χ3n) is 2.12. The zero-order chi connectivity index (χ0) is 9.35. The number of carbonyl (C=O) groups is 1. The van der Waals surface area contributed by atoms with Crippen LogP contribution in [0.4, 0.5) is 0 Å². The maximum atomic E-state index is 11.5. The summed E-state index contributed by atoms with van der Waals surface area (Å²) in [6.07, 6.45) is 0.960. The molecule has 0 bridgehead atoms. The van der Waals surface area contributed by atoms with Crippen LogP contribution in [0.1, 0.15) is 27.2 Å². The Bertz CT molecular complexity index is 239. The molecule has 0 aromatic heterocycles. The number of alkyl halides is 1. The molecule has 0 radical (unpaired) electrons. The monoisotopic (exact) mass is 280 g/mol. The van der Waals surface area contributed by atoms with E-state index in [0.717, 1.165) is 12.3 Å². The lowest BCUT2D eigenvalue weighted by Gasteiger charge is -2.22. The fourth-order valence-electron chi connectivity index (χ4n) is 1.33. The molecule has 3 nitrogen and oxygen atoms in total. The minimum Gasteiger partial charge on any atom is -0.313 e. The molecule has 0 aromatic carbocycles. The van der Waals surface area contributed by atoms with Gasteiger partial charge in [0, 0.05) is 3.92 Å². The Morgan fingerprint density at radius 3 is 2.67 bits per heavy atom. The Balaban J connectivity index is 2.90. The van der Waals surface area contributed by atoms with E-state index >= 15 is 0 Å². The highest BCUT2D eigenvalue weighted by Gasteiger charge is 2.42. The van der Waals surface area contributed by atoms with Crippen LogP contribution in [-0.4, -0.2) is 21.2 Å². The van der Waals surface area contributed by atoms with E-state index in [1.54, 1.807) is 0 Å². The topological polar surface area (TPSA) is 41.5 Å². The smallest absolute Gasteiger partial charge is 0.254 e. The van der Waals surface area contributed by atoms with E-state index in [9.17, 15) is 4.79 Å². The van der Waals surface area contributed by atoms with E-state index in [4.69, 9.17) is 0 Å². The second kappa shape index (κ2) is 3.32. The summed E-state index contributed by atoms with van der Waals surface area (Å²) in [4.78, 5) is 15.8. The molecule has 0 fully saturated rings. The standard InChI is InChI=1S/C8H13IN2O/c1-4-6(9)8(3)7(12)10-5(2)11-8/h6H,4H2,1-3H3,(H,10,11,12). The molecule has 12 heavy (non-hydrogen) atoms. The minimum absolute atomic E-state index is 0.0289. The second-order valence-electron chi connectivity index (χ2n) is 3.17. The maximum Gasteiger partial charge on any atom is 0.254 e. The molecular formula is C8H13IN2O. The van der Waals surface area contributed by atoms with Gasteiger partial charge in [0.15, 0.2) is 0 Å². The minimum atomic E-state index is -0.542. The molecule has 2 unspecified atom stereocenters. The number of amidine groups is 1. The molecular weight excluding hydrogens is 267 g/mol. The van der Waals surface area contributed by atoms with Crippen molar-refractivity contribution in [3.05, 3.63) is 0 Å². The predicted octanol–water partition coefficient (Wildman–Crippen LogP) is 1.51. The lowest BCUT2D eigenvalue weighted by molar-refractivity contribution is -0.123. The lowest BCUT2D eigenvalue weighted by atomic mass is 9.97. The van der Waals surface area contributed by atoms with Crippen LogP contribution in [0.15, 0.2) is 4.99 Å². The molecule has 0 saturated carbocycles. The molecule has 1 heterocycles. The van der Waals surface area contributed by atoms with Gasteiger partial charge >= 0.3 is 0 Å². The van der Waals surface area contributed by atoms with Crippen molar-refractivity contribution >= 4 is 34.3 Å². The van der Waals surface area contributed by atoms with Crippen molar-refractivity contribution in [2.45, 2.75) is 36.7 Å². The summed E-state index contributed by atoms with van der Waals surface area (Å²) < 4.78 is 0.271. The maximum absolute atomic E-state index is 11.5. The summed E-state index contributed by atoms with van der Waals surface area (Å²) in [5, 5.41) is 2.73. The number of halogens is 1. The van der Waals surface area contributed by atoms with Crippen LogP contribution in [0, 0.1) is 0 Å². The summed E-state index contributed by atoms with van der Waals surface area (Å²) in [6.45, 7) is 5.78. The molecule has 1 amide bonds. The van der Waals surface area contributed by atoms with Crippen LogP contribution in [0.2, 0.25) is 0 Å². The van der Waals surface area contributed by atoms with E-state index in [1.807, 2.05) is 13.8 Å². The fraction of sp³-hybridized carbons (Fsp3) is 0.750. The van der Waals surface area contributed by atoms with Gasteiger partial charge in [0.05, 0.1) is 0 Å². The highest BCUT2D eigenvalue weighted by atomic mass is 127. The Morgan fingerprint density at radius 1 is 1.75 bits per heavy atom. The van der Waals surface area contributed by atoms with Crippen molar-refractivity contribution in [2.24, 2.45) is 4.99 Å². The van der Waals surface area contributed by atoms with Crippen molar-refractivity contribution in [1.82, 2.24) is 5.32 Å². The van der Waals surface area contributed by atoms with Gasteiger partial charge < -0.3 is 5.32 Å². The number of amides is 1. The zero-order valence-corrected chi connectivity index (χ0v) is 9.68. The highest BCUT2D eigenvalue weighted by molar-refractivity contribution is 14.1. The Kier molecular flexibility index (Phi) is 2.75. The second-order valence-corrected chi connectivity index (χ2v) is 4.68. The van der Waals surface area contributed by atoms with E-state index in [1.165, 1.54) is 0 Å². The molecule has 1 rings (SSSR count). The number of rotatable bonds is 2. The van der Waals surface area contributed by atoms with Gasteiger partial charge in [-0.25, -0.2) is 0 Å². The first-order valence-corrected chi connectivity index (χ1v) is 5.27. The van der Waals surface area contributed by atoms with Crippen LogP contribution >= 0.6 is 22.6 Å². The van der Waals surface area contributed by atoms with E-state index in [-0.39, 0.29) is 9.83 Å². The van der Waals surface area contributed by atoms with Gasteiger partial charge in [-0.2, -0.15) is 0 Å². The third kappa shape index (κ3) is 1.48. The van der Waals surface area contributed by atoms with Crippen LogP contribution in [0.25, 0.3) is 0 Å². The van der Waals surface area contributed by atoms with Crippen molar-refractivity contribution in [3.8, 4) is 0 Å². The largest absolute Gasteiger partial charge is 0.313 e. The quantitative estimate of drug-likeness (QED) is 0.604. The summed E-state index contributed by atoms with van der Waals surface area (Å²) in [6, 6.07) is 0. The van der Waals surface area contributed by atoms with Crippen LogP contribution in [-0.2, 0) is 4.79 Å². The highest BCUT2D eigenvalue weighted by Crippen LogP contribution is 2.28. The van der Waals surface area contributed by atoms with Crippen molar-refractivity contribution < 1.29 is 4.79 Å². The molecule has 0 aromatic rings. The first-order valence-electron chi connectivity index (χ1n) is 4.02. The summed E-state index contributed by atoms with van der Waals surface area (Å²) >= 11 is 2.28. The van der Waals surface area contributed by atoms with Crippen molar-refractivity contribution in [2.75, 3.05) is 0 Å². The van der Waals surface area contributed by atoms with Gasteiger partial charge in [-0.15, -0.1) is 0 Å². The summed E-state index contributed by atoms with van der Waals surface area (Å²) in [5.41, 5.74) is -0.542. The number of hydrogen-bond acceptors (Lipinski definition) is 2. The molecule has 68 valence electrons. The zero-order valence-electron chi connectivity index (χ0n) is 7.52. The molecule has 4 heteroatoms. The Labute approximate surface area is 86.2 Å². The number of nitrogens with zero attached hydrogens (tertiary/aromatic N) is 1. The predicted molar refractivity (Wildman–Crippen MR) is 57.8 cm³/mol. The van der Waals surface area contributed by atoms with E-state index < -0.39 is 5.54 Å². The van der Waals surface area contributed by atoms with Crippen LogP contribution in [0.5, 0.6) is 0 Å². The molecule has 0 spiro atoms. The molecule has 2 atom stereocenters. The molecule has 0 saturated heterocycles. The molecule has 0 aliphatic carbocycles. The average Bonchev–Trinajstić information content (AvgIpc) is 2.26. The average molecular weight is 280 g/mol. The van der Waals surface area contributed by atoms with Crippen molar-refractivity contribution in [3.63, 3.8) is 0 Å². The van der Waals surface area contributed by atoms with E-state index in [2.05, 4.69) is 39.8 Å². The third-order valence-corrected chi connectivity index (χ3v) is 4.22. The van der Waals surface area contributed by atoms with E-state index in [0.29, 0.717) is 0 Å². The normalized spacial score (nSPS) is 31.3. The van der Waals surface area contributed by atoms with Crippen molar-refractivity contribution in [1.29, 1.82) is 0 Å². The first kappa shape index (κ1) is 9.95. The number of carbonyl (C=O) groups excluding carboxylic acids is 1.